The van der Waals surface area contributed by atoms with Gasteiger partial charge in [0.1, 0.15) is 6.04 Å². The van der Waals surface area contributed by atoms with Gasteiger partial charge in [0.25, 0.3) is 0 Å². The van der Waals surface area contributed by atoms with Crippen LogP contribution in [0.25, 0.3) is 0 Å². The van der Waals surface area contributed by atoms with Crippen molar-refractivity contribution in [3.8, 4) is 11.5 Å². The molecule has 5 rings (SSSR count). The summed E-state index contributed by atoms with van der Waals surface area (Å²) in [5.74, 6) is 2.37. The van der Waals surface area contributed by atoms with Crippen LogP contribution in [0.1, 0.15) is 55.6 Å². The SMILES string of the molecule is COc1cccc(C(c2nnnn2C2CCCCC2)N2CCN(c3ccccc3)CC2)c1OC. The molecule has 2 aliphatic rings. The number of ether oxygens (including phenoxy) is 2. The molecular weight excluding hydrogens is 428 g/mol. The molecule has 1 saturated heterocycles. The van der Waals surface area contributed by atoms with E-state index in [-0.39, 0.29) is 6.04 Å². The van der Waals surface area contributed by atoms with E-state index in [9.17, 15) is 0 Å². The standard InChI is InChI=1S/C26H34N6O2/c1-33-23-15-9-14-22(25(23)34-2)24(26-27-28-29-32(26)21-12-7-4-8-13-21)31-18-16-30(17-19-31)20-10-5-3-6-11-20/h3,5-6,9-11,14-15,21,24H,4,7-8,12-13,16-19H2,1-2H3. The molecule has 2 aromatic carbocycles. The van der Waals surface area contributed by atoms with Crippen molar-refractivity contribution in [3.63, 3.8) is 0 Å². The fraction of sp³-hybridized carbons (Fsp3) is 0.500. The van der Waals surface area contributed by atoms with Gasteiger partial charge in [0.05, 0.1) is 20.3 Å². The van der Waals surface area contributed by atoms with Gasteiger partial charge in [-0.2, -0.15) is 0 Å². The number of para-hydroxylation sites is 2. The third-order valence-electron chi connectivity index (χ3n) is 7.21. The second-order valence-corrected chi connectivity index (χ2v) is 9.12. The highest BCUT2D eigenvalue weighted by Crippen LogP contribution is 2.41. The van der Waals surface area contributed by atoms with E-state index in [0.717, 1.165) is 61.9 Å². The fourth-order valence-electron chi connectivity index (χ4n) is 5.47. The number of rotatable bonds is 7. The van der Waals surface area contributed by atoms with Gasteiger partial charge in [-0.1, -0.05) is 49.6 Å². The molecule has 1 aromatic heterocycles. The van der Waals surface area contributed by atoms with Crippen LogP contribution in [0.3, 0.4) is 0 Å². The van der Waals surface area contributed by atoms with E-state index in [4.69, 9.17) is 9.47 Å². The van der Waals surface area contributed by atoms with Crippen molar-refractivity contribution in [3.05, 3.63) is 59.9 Å². The lowest BCUT2D eigenvalue weighted by Gasteiger charge is -2.40. The van der Waals surface area contributed by atoms with Gasteiger partial charge < -0.3 is 14.4 Å². The monoisotopic (exact) mass is 462 g/mol. The zero-order chi connectivity index (χ0) is 23.3. The van der Waals surface area contributed by atoms with Crippen LogP contribution in [0, 0.1) is 0 Å². The van der Waals surface area contributed by atoms with Gasteiger partial charge in [-0.25, -0.2) is 4.68 Å². The Morgan fingerprint density at radius 3 is 2.32 bits per heavy atom. The molecule has 3 aromatic rings. The summed E-state index contributed by atoms with van der Waals surface area (Å²) in [6.45, 7) is 3.69. The van der Waals surface area contributed by atoms with Crippen LogP contribution in [0.2, 0.25) is 0 Å². The van der Waals surface area contributed by atoms with Crippen LogP contribution < -0.4 is 14.4 Å². The maximum atomic E-state index is 5.87. The summed E-state index contributed by atoms with van der Waals surface area (Å²) < 4.78 is 13.6. The Labute approximate surface area is 201 Å². The molecule has 1 saturated carbocycles. The van der Waals surface area contributed by atoms with Crippen molar-refractivity contribution < 1.29 is 9.47 Å². The average Bonchev–Trinajstić information content (AvgIpc) is 3.39. The third-order valence-corrected chi connectivity index (χ3v) is 7.21. The highest BCUT2D eigenvalue weighted by molar-refractivity contribution is 5.50. The lowest BCUT2D eigenvalue weighted by Crippen LogP contribution is -2.48. The van der Waals surface area contributed by atoms with Gasteiger partial charge in [-0.05, 0) is 41.5 Å². The number of nitrogens with zero attached hydrogens (tertiary/aromatic N) is 6. The topological polar surface area (TPSA) is 68.5 Å². The summed E-state index contributed by atoms with van der Waals surface area (Å²) in [7, 11) is 3.39. The summed E-state index contributed by atoms with van der Waals surface area (Å²) in [5.41, 5.74) is 2.31. The van der Waals surface area contributed by atoms with E-state index < -0.39 is 0 Å². The first kappa shape index (κ1) is 22.7. The van der Waals surface area contributed by atoms with Gasteiger partial charge in [0.2, 0.25) is 0 Å². The molecule has 0 spiro atoms. The first-order chi connectivity index (χ1) is 16.8. The largest absolute Gasteiger partial charge is 0.493 e. The molecule has 2 heterocycles. The van der Waals surface area contributed by atoms with Crippen LogP contribution in [-0.4, -0.2) is 65.5 Å². The maximum Gasteiger partial charge on any atom is 0.173 e. The summed E-state index contributed by atoms with van der Waals surface area (Å²) >= 11 is 0. The smallest absolute Gasteiger partial charge is 0.173 e. The lowest BCUT2D eigenvalue weighted by molar-refractivity contribution is 0.190. The van der Waals surface area contributed by atoms with Crippen molar-refractivity contribution in [1.82, 2.24) is 25.1 Å². The Hall–Kier alpha value is -3.13. The molecule has 1 aliphatic heterocycles. The molecule has 180 valence electrons. The molecule has 8 heteroatoms. The number of hydrogen-bond donors (Lipinski definition) is 0. The zero-order valence-corrected chi connectivity index (χ0v) is 20.1. The molecule has 1 atom stereocenters. The van der Waals surface area contributed by atoms with Gasteiger partial charge in [-0.3, -0.25) is 4.90 Å². The molecule has 0 N–H and O–H groups in total. The Morgan fingerprint density at radius 2 is 1.62 bits per heavy atom. The summed E-state index contributed by atoms with van der Waals surface area (Å²) in [5, 5.41) is 13.2. The van der Waals surface area contributed by atoms with Crippen LogP contribution in [0.4, 0.5) is 5.69 Å². The highest BCUT2D eigenvalue weighted by atomic mass is 16.5. The van der Waals surface area contributed by atoms with Crippen molar-refractivity contribution in [2.45, 2.75) is 44.2 Å². The highest BCUT2D eigenvalue weighted by Gasteiger charge is 2.35. The predicted octanol–water partition coefficient (Wildman–Crippen LogP) is 4.11. The lowest BCUT2D eigenvalue weighted by atomic mass is 9.94. The van der Waals surface area contributed by atoms with Gasteiger partial charge in [-0.15, -0.1) is 5.10 Å². The molecular formula is C26H34N6O2. The number of hydrogen-bond acceptors (Lipinski definition) is 7. The molecule has 34 heavy (non-hydrogen) atoms. The average molecular weight is 463 g/mol. The number of aromatic nitrogens is 4. The van der Waals surface area contributed by atoms with Crippen LogP contribution in [0.15, 0.2) is 48.5 Å². The predicted molar refractivity (Wildman–Crippen MR) is 132 cm³/mol. The van der Waals surface area contributed by atoms with Crippen LogP contribution >= 0.6 is 0 Å². The minimum absolute atomic E-state index is 0.111. The van der Waals surface area contributed by atoms with Gasteiger partial charge in [0.15, 0.2) is 17.3 Å². The molecule has 2 fully saturated rings. The quantitative estimate of drug-likeness (QED) is 0.523. The molecule has 0 bridgehead atoms. The summed E-state index contributed by atoms with van der Waals surface area (Å²) in [6, 6.07) is 17.0. The summed E-state index contributed by atoms with van der Waals surface area (Å²) in [4.78, 5) is 4.93. The number of benzene rings is 2. The zero-order valence-electron chi connectivity index (χ0n) is 20.1. The molecule has 0 radical (unpaired) electrons. The fourth-order valence-corrected chi connectivity index (χ4v) is 5.47. The Kier molecular flexibility index (Phi) is 6.94. The maximum absolute atomic E-state index is 5.87. The molecule has 1 unspecified atom stereocenters. The molecule has 8 nitrogen and oxygen atoms in total. The van der Waals surface area contributed by atoms with Crippen LogP contribution in [-0.2, 0) is 0 Å². The second kappa shape index (κ2) is 10.4. The number of methoxy groups -OCH3 is 2. The van der Waals surface area contributed by atoms with E-state index in [1.807, 2.05) is 12.1 Å². The Morgan fingerprint density at radius 1 is 0.853 bits per heavy atom. The van der Waals surface area contributed by atoms with Crippen LogP contribution in [0.5, 0.6) is 11.5 Å². The Bertz CT molecular complexity index is 1060. The first-order valence-corrected chi connectivity index (χ1v) is 12.3. The van der Waals surface area contributed by atoms with Gasteiger partial charge in [0, 0.05) is 37.4 Å². The van der Waals surface area contributed by atoms with E-state index in [2.05, 4.69) is 66.4 Å². The normalized spacial score (nSPS) is 18.6. The van der Waals surface area contributed by atoms with Crippen molar-refractivity contribution in [2.75, 3.05) is 45.3 Å². The third kappa shape index (κ3) is 4.46. The Balaban J connectivity index is 1.50. The van der Waals surface area contributed by atoms with Gasteiger partial charge >= 0.3 is 0 Å². The van der Waals surface area contributed by atoms with E-state index in [0.29, 0.717) is 6.04 Å². The first-order valence-electron chi connectivity index (χ1n) is 12.3. The van der Waals surface area contributed by atoms with E-state index in [1.54, 1.807) is 14.2 Å². The van der Waals surface area contributed by atoms with E-state index in [1.165, 1.54) is 24.9 Å². The number of tetrazole rings is 1. The minimum atomic E-state index is -0.111. The van der Waals surface area contributed by atoms with Crippen molar-refractivity contribution >= 4 is 5.69 Å². The molecule has 1 aliphatic carbocycles. The van der Waals surface area contributed by atoms with Crippen molar-refractivity contribution in [2.24, 2.45) is 0 Å². The minimum Gasteiger partial charge on any atom is -0.493 e. The number of anilines is 1. The second-order valence-electron chi connectivity index (χ2n) is 9.12. The molecule has 0 amide bonds. The number of piperazine rings is 1. The summed E-state index contributed by atoms with van der Waals surface area (Å²) in [6.07, 6.45) is 6.01. The van der Waals surface area contributed by atoms with E-state index >= 15 is 0 Å². The van der Waals surface area contributed by atoms with Crippen molar-refractivity contribution in [1.29, 1.82) is 0 Å².